The minimum absolute atomic E-state index is 0.0530. The zero-order valence-corrected chi connectivity index (χ0v) is 15.0. The van der Waals surface area contributed by atoms with Crippen LogP contribution in [0.15, 0.2) is 34.7 Å². The lowest BCUT2D eigenvalue weighted by atomic mass is 9.92. The van der Waals surface area contributed by atoms with E-state index in [-0.39, 0.29) is 27.9 Å². The first kappa shape index (κ1) is 18.9. The highest BCUT2D eigenvalue weighted by atomic mass is 32.2. The predicted octanol–water partition coefficient (Wildman–Crippen LogP) is 3.83. The predicted molar refractivity (Wildman–Crippen MR) is 90.3 cm³/mol. The maximum Gasteiger partial charge on any atom is 0.182 e. The Morgan fingerprint density at radius 1 is 1.13 bits per heavy atom. The van der Waals surface area contributed by atoms with Gasteiger partial charge >= 0.3 is 0 Å². The lowest BCUT2D eigenvalue weighted by Gasteiger charge is -2.25. The summed E-state index contributed by atoms with van der Waals surface area (Å²) in [5, 5.41) is 17.7. The van der Waals surface area contributed by atoms with Crippen LogP contribution >= 0.6 is 0 Å². The molecule has 3 unspecified atom stereocenters. The van der Waals surface area contributed by atoms with E-state index >= 15 is 0 Å². The van der Waals surface area contributed by atoms with Gasteiger partial charge in [0.1, 0.15) is 12.1 Å². The van der Waals surface area contributed by atoms with Crippen LogP contribution in [0.25, 0.3) is 0 Å². The number of hydrogen-bond acceptors (Lipinski definition) is 4. The van der Waals surface area contributed by atoms with Crippen LogP contribution in [0, 0.1) is 34.5 Å². The SMILES string of the molecule is CC(C)=CC(C)C(C)C(C)S(=O)(=O)c1cccc(C#N)c1C#N. The van der Waals surface area contributed by atoms with Crippen LogP contribution in [0.1, 0.15) is 45.7 Å². The van der Waals surface area contributed by atoms with Crippen LogP contribution in [-0.4, -0.2) is 13.7 Å². The average molecular weight is 330 g/mol. The molecule has 1 rings (SSSR count). The first-order valence-electron chi connectivity index (χ1n) is 7.49. The molecule has 23 heavy (non-hydrogen) atoms. The van der Waals surface area contributed by atoms with Crippen LogP contribution in [0.3, 0.4) is 0 Å². The van der Waals surface area contributed by atoms with E-state index in [2.05, 4.69) is 0 Å². The van der Waals surface area contributed by atoms with Gasteiger partial charge in [-0.15, -0.1) is 0 Å². The largest absolute Gasteiger partial charge is 0.223 e. The molecule has 0 heterocycles. The molecule has 0 radical (unpaired) electrons. The van der Waals surface area contributed by atoms with Gasteiger partial charge in [-0.1, -0.05) is 31.6 Å². The molecule has 3 atom stereocenters. The molecule has 122 valence electrons. The zero-order valence-electron chi connectivity index (χ0n) is 14.2. The van der Waals surface area contributed by atoms with Gasteiger partial charge in [0.15, 0.2) is 9.84 Å². The van der Waals surface area contributed by atoms with E-state index in [0.717, 1.165) is 5.57 Å². The molecule has 0 amide bonds. The molecule has 0 N–H and O–H groups in total. The van der Waals surface area contributed by atoms with Crippen molar-refractivity contribution >= 4 is 9.84 Å². The molecule has 0 aliphatic carbocycles. The first-order chi connectivity index (χ1) is 10.7. The van der Waals surface area contributed by atoms with Crippen LogP contribution < -0.4 is 0 Å². The number of rotatable bonds is 5. The average Bonchev–Trinajstić information content (AvgIpc) is 2.51. The van der Waals surface area contributed by atoms with Crippen LogP contribution in [0.2, 0.25) is 0 Å². The zero-order chi connectivity index (χ0) is 17.8. The van der Waals surface area contributed by atoms with E-state index in [1.807, 2.05) is 45.9 Å². The third-order valence-electron chi connectivity index (χ3n) is 4.22. The molecule has 4 nitrogen and oxygen atoms in total. The molecule has 0 bridgehead atoms. The minimum Gasteiger partial charge on any atom is -0.223 e. The summed E-state index contributed by atoms with van der Waals surface area (Å²) in [5.41, 5.74) is 1.16. The Labute approximate surface area is 139 Å². The van der Waals surface area contributed by atoms with Crippen molar-refractivity contribution in [3.05, 3.63) is 41.0 Å². The highest BCUT2D eigenvalue weighted by molar-refractivity contribution is 7.92. The summed E-state index contributed by atoms with van der Waals surface area (Å²) >= 11 is 0. The van der Waals surface area contributed by atoms with Crippen molar-refractivity contribution in [2.24, 2.45) is 11.8 Å². The van der Waals surface area contributed by atoms with Crippen LogP contribution in [0.5, 0.6) is 0 Å². The summed E-state index contributed by atoms with van der Waals surface area (Å²) in [4.78, 5) is -0.0530. The summed E-state index contributed by atoms with van der Waals surface area (Å²) in [5.74, 6) is -0.0263. The van der Waals surface area contributed by atoms with E-state index in [1.54, 1.807) is 6.92 Å². The molecule has 1 aromatic carbocycles. The fourth-order valence-corrected chi connectivity index (χ4v) is 4.49. The molecule has 5 heteroatoms. The molecular weight excluding hydrogens is 308 g/mol. The van der Waals surface area contributed by atoms with Gasteiger partial charge in [0, 0.05) is 0 Å². The number of allylic oxidation sites excluding steroid dienone is 2. The highest BCUT2D eigenvalue weighted by Gasteiger charge is 2.33. The second-order valence-electron chi connectivity index (χ2n) is 6.11. The van der Waals surface area contributed by atoms with Crippen LogP contribution in [-0.2, 0) is 9.84 Å². The maximum absolute atomic E-state index is 12.9. The first-order valence-corrected chi connectivity index (χ1v) is 9.03. The summed E-state index contributed by atoms with van der Waals surface area (Å²) in [6.45, 7) is 9.50. The number of nitriles is 2. The monoisotopic (exact) mass is 330 g/mol. The normalized spacial score (nSPS) is 14.9. The van der Waals surface area contributed by atoms with Gasteiger partial charge < -0.3 is 0 Å². The Balaban J connectivity index is 3.36. The summed E-state index contributed by atoms with van der Waals surface area (Å²) in [7, 11) is -3.70. The Morgan fingerprint density at radius 3 is 2.22 bits per heavy atom. The third kappa shape index (κ3) is 4.00. The van der Waals surface area contributed by atoms with Crippen molar-refractivity contribution in [2.45, 2.75) is 44.8 Å². The van der Waals surface area contributed by atoms with Crippen molar-refractivity contribution < 1.29 is 8.42 Å². The van der Waals surface area contributed by atoms with Gasteiger partial charge in [-0.25, -0.2) is 8.42 Å². The summed E-state index contributed by atoms with van der Waals surface area (Å²) < 4.78 is 25.9. The fraction of sp³-hybridized carbons (Fsp3) is 0.444. The maximum atomic E-state index is 12.9. The molecule has 0 aromatic heterocycles. The van der Waals surface area contributed by atoms with Gasteiger partial charge in [-0.2, -0.15) is 10.5 Å². The lowest BCUT2D eigenvalue weighted by molar-refractivity contribution is 0.435. The van der Waals surface area contributed by atoms with E-state index in [4.69, 9.17) is 5.26 Å². The van der Waals surface area contributed by atoms with Crippen LogP contribution in [0.4, 0.5) is 0 Å². The molecule has 0 saturated carbocycles. The molecular formula is C18H22N2O2S. The molecule has 0 aliphatic rings. The second-order valence-corrected chi connectivity index (χ2v) is 8.39. The van der Waals surface area contributed by atoms with Crippen molar-refractivity contribution in [3.8, 4) is 12.1 Å². The van der Waals surface area contributed by atoms with E-state index in [9.17, 15) is 13.7 Å². The number of hydrogen-bond donors (Lipinski definition) is 0. The van der Waals surface area contributed by atoms with E-state index in [0.29, 0.717) is 0 Å². The Kier molecular flexibility index (Phi) is 6.12. The lowest BCUT2D eigenvalue weighted by Crippen LogP contribution is -2.29. The molecule has 1 aromatic rings. The van der Waals surface area contributed by atoms with Gasteiger partial charge in [-0.05, 0) is 44.7 Å². The quantitative estimate of drug-likeness (QED) is 0.768. The smallest absolute Gasteiger partial charge is 0.182 e. The Hall–Kier alpha value is -2.11. The van der Waals surface area contributed by atoms with Gasteiger partial charge in [0.2, 0.25) is 0 Å². The summed E-state index contributed by atoms with van der Waals surface area (Å²) in [6, 6.07) is 8.11. The van der Waals surface area contributed by atoms with Crippen molar-refractivity contribution in [1.82, 2.24) is 0 Å². The summed E-state index contributed by atoms with van der Waals surface area (Å²) in [6.07, 6.45) is 2.05. The van der Waals surface area contributed by atoms with Gasteiger partial charge in [-0.3, -0.25) is 0 Å². The minimum atomic E-state index is -3.70. The van der Waals surface area contributed by atoms with E-state index < -0.39 is 15.1 Å². The van der Waals surface area contributed by atoms with Gasteiger partial charge in [0.25, 0.3) is 0 Å². The van der Waals surface area contributed by atoms with E-state index in [1.165, 1.54) is 18.2 Å². The second kappa shape index (κ2) is 7.44. The number of sulfone groups is 1. The van der Waals surface area contributed by atoms with Crippen molar-refractivity contribution in [2.75, 3.05) is 0 Å². The molecule has 0 spiro atoms. The standard InChI is InChI=1S/C18H22N2O2S/c1-12(2)9-13(3)14(4)15(5)23(21,22)18-8-6-7-16(10-19)17(18)11-20/h6-9,13-15H,1-5H3. The Bertz CT molecular complexity index is 791. The highest BCUT2D eigenvalue weighted by Crippen LogP contribution is 2.30. The third-order valence-corrected chi connectivity index (χ3v) is 6.58. The molecule has 0 aliphatic heterocycles. The molecule has 0 fully saturated rings. The van der Waals surface area contributed by atoms with Crippen molar-refractivity contribution in [3.63, 3.8) is 0 Å². The fourth-order valence-electron chi connectivity index (χ4n) is 2.56. The van der Waals surface area contributed by atoms with Gasteiger partial charge in [0.05, 0.1) is 21.3 Å². The van der Waals surface area contributed by atoms with Crippen molar-refractivity contribution in [1.29, 1.82) is 10.5 Å². The topological polar surface area (TPSA) is 81.7 Å². The Morgan fingerprint density at radius 2 is 1.74 bits per heavy atom. The number of nitrogens with zero attached hydrogens (tertiary/aromatic N) is 2. The number of benzene rings is 1. The molecule has 0 saturated heterocycles.